The summed E-state index contributed by atoms with van der Waals surface area (Å²) >= 11 is 0. The van der Waals surface area contributed by atoms with Gasteiger partial charge in [0, 0.05) is 17.5 Å². The number of aryl methyl sites for hydroxylation is 2. The van der Waals surface area contributed by atoms with Crippen LogP contribution in [0.5, 0.6) is 0 Å². The van der Waals surface area contributed by atoms with Crippen LogP contribution in [0.15, 0.2) is 66.7 Å². The second kappa shape index (κ2) is 10.7. The fourth-order valence-electron chi connectivity index (χ4n) is 3.75. The zero-order valence-corrected chi connectivity index (χ0v) is 18.2. The first-order chi connectivity index (χ1) is 15.0. The molecule has 0 radical (unpaired) electrons. The Labute approximate surface area is 184 Å². The molecule has 0 unspecified atom stereocenters. The Morgan fingerprint density at radius 3 is 2.45 bits per heavy atom. The summed E-state index contributed by atoms with van der Waals surface area (Å²) < 4.78 is 0. The molecule has 5 heteroatoms. The summed E-state index contributed by atoms with van der Waals surface area (Å²) in [6, 6.07) is 21.1. The van der Waals surface area contributed by atoms with Crippen LogP contribution in [0.25, 0.3) is 10.8 Å². The van der Waals surface area contributed by atoms with Crippen molar-refractivity contribution in [2.75, 3.05) is 12.8 Å². The number of benzene rings is 3. The van der Waals surface area contributed by atoms with Crippen LogP contribution < -0.4 is 16.4 Å². The molecule has 0 heterocycles. The summed E-state index contributed by atoms with van der Waals surface area (Å²) in [6.45, 7) is 1.76. The second-order valence-corrected chi connectivity index (χ2v) is 7.96. The molecule has 3 rings (SSSR count). The van der Waals surface area contributed by atoms with Crippen molar-refractivity contribution in [2.45, 2.75) is 44.7 Å². The first-order valence-electron chi connectivity index (χ1n) is 10.8. The van der Waals surface area contributed by atoms with Crippen molar-refractivity contribution in [3.63, 3.8) is 0 Å². The number of carbonyl (C=O) groups is 2. The fourth-order valence-corrected chi connectivity index (χ4v) is 3.75. The Morgan fingerprint density at radius 2 is 1.71 bits per heavy atom. The van der Waals surface area contributed by atoms with E-state index in [1.165, 1.54) is 5.56 Å². The van der Waals surface area contributed by atoms with Crippen LogP contribution in [-0.2, 0) is 22.4 Å². The number of ketones is 1. The molecular formula is C26H31N3O2. The quantitative estimate of drug-likeness (QED) is 0.440. The van der Waals surface area contributed by atoms with E-state index >= 15 is 0 Å². The molecule has 0 aliphatic heterocycles. The maximum absolute atomic E-state index is 12.6. The van der Waals surface area contributed by atoms with E-state index in [1.54, 1.807) is 14.0 Å². The Bertz CT molecular complexity index is 1030. The summed E-state index contributed by atoms with van der Waals surface area (Å²) in [5.41, 5.74) is 9.03. The number of Topliss-reactive ketones (excluding diaryl/α,β-unsaturated/α-hetero) is 1. The SMILES string of the molecule is CN[C@H](CCc1ccccc1)C(=O)N[C@@H](C)C(=O)CCc1ccc2c(N)cccc2c1. The van der Waals surface area contributed by atoms with Gasteiger partial charge in [0.25, 0.3) is 0 Å². The molecule has 2 atom stereocenters. The summed E-state index contributed by atoms with van der Waals surface area (Å²) in [5.74, 6) is -0.112. The number of likely N-dealkylation sites (N-methyl/N-ethyl adjacent to an activating group) is 1. The van der Waals surface area contributed by atoms with E-state index in [2.05, 4.69) is 28.8 Å². The van der Waals surface area contributed by atoms with Gasteiger partial charge in [0.2, 0.25) is 5.91 Å². The number of carbonyl (C=O) groups excluding carboxylic acids is 2. The number of nitrogen functional groups attached to an aromatic ring is 1. The maximum Gasteiger partial charge on any atom is 0.237 e. The molecule has 0 aromatic heterocycles. The number of rotatable bonds is 10. The third-order valence-electron chi connectivity index (χ3n) is 5.71. The minimum Gasteiger partial charge on any atom is -0.398 e. The smallest absolute Gasteiger partial charge is 0.237 e. The number of nitrogens with two attached hydrogens (primary N) is 1. The number of hydrogen-bond acceptors (Lipinski definition) is 4. The third kappa shape index (κ3) is 6.15. The number of anilines is 1. The van der Waals surface area contributed by atoms with Crippen LogP contribution in [0.2, 0.25) is 0 Å². The zero-order valence-electron chi connectivity index (χ0n) is 18.2. The second-order valence-electron chi connectivity index (χ2n) is 7.96. The Morgan fingerprint density at radius 1 is 0.935 bits per heavy atom. The lowest BCUT2D eigenvalue weighted by molar-refractivity contribution is -0.128. The molecule has 162 valence electrons. The maximum atomic E-state index is 12.6. The molecule has 4 N–H and O–H groups in total. The Hall–Kier alpha value is -3.18. The minimum atomic E-state index is -0.517. The highest BCUT2D eigenvalue weighted by Gasteiger charge is 2.21. The van der Waals surface area contributed by atoms with Crippen LogP contribution in [0.4, 0.5) is 5.69 Å². The van der Waals surface area contributed by atoms with Gasteiger partial charge in [-0.2, -0.15) is 0 Å². The molecule has 5 nitrogen and oxygen atoms in total. The molecule has 3 aromatic carbocycles. The monoisotopic (exact) mass is 417 g/mol. The van der Waals surface area contributed by atoms with Crippen molar-refractivity contribution in [1.82, 2.24) is 10.6 Å². The van der Waals surface area contributed by atoms with E-state index in [9.17, 15) is 9.59 Å². The number of hydrogen-bond donors (Lipinski definition) is 3. The highest BCUT2D eigenvalue weighted by molar-refractivity contribution is 5.93. The van der Waals surface area contributed by atoms with Crippen molar-refractivity contribution >= 4 is 28.2 Å². The van der Waals surface area contributed by atoms with Crippen molar-refractivity contribution in [2.24, 2.45) is 0 Å². The van der Waals surface area contributed by atoms with Crippen LogP contribution in [0.1, 0.15) is 30.9 Å². The molecule has 0 aliphatic carbocycles. The van der Waals surface area contributed by atoms with E-state index in [1.807, 2.05) is 48.5 Å². The standard InChI is InChI=1S/C26H31N3O2/c1-18(29-26(31)24(28-2)15-12-19-7-4-3-5-8-19)25(30)16-13-20-11-14-22-21(17-20)9-6-10-23(22)27/h3-11,14,17-18,24,28H,12-13,15-16,27H2,1-2H3,(H,29,31)/t18-,24+/m0/s1. The first-order valence-corrected chi connectivity index (χ1v) is 10.8. The predicted molar refractivity (Wildman–Crippen MR) is 127 cm³/mol. The highest BCUT2D eigenvalue weighted by Crippen LogP contribution is 2.22. The molecule has 0 aliphatic rings. The topological polar surface area (TPSA) is 84.2 Å². The average Bonchev–Trinajstić information content (AvgIpc) is 2.78. The molecule has 0 spiro atoms. The number of nitrogens with one attached hydrogen (secondary N) is 2. The van der Waals surface area contributed by atoms with Crippen LogP contribution in [0, 0.1) is 0 Å². The molecule has 3 aromatic rings. The summed E-state index contributed by atoms with van der Waals surface area (Å²) in [6.07, 6.45) is 2.48. The van der Waals surface area contributed by atoms with Crippen molar-refractivity contribution in [1.29, 1.82) is 0 Å². The van der Waals surface area contributed by atoms with E-state index in [0.717, 1.165) is 28.4 Å². The molecule has 31 heavy (non-hydrogen) atoms. The summed E-state index contributed by atoms with van der Waals surface area (Å²) in [4.78, 5) is 25.2. The van der Waals surface area contributed by atoms with E-state index in [4.69, 9.17) is 5.73 Å². The van der Waals surface area contributed by atoms with Gasteiger partial charge in [0.1, 0.15) is 0 Å². The van der Waals surface area contributed by atoms with Crippen LogP contribution in [0.3, 0.4) is 0 Å². The zero-order chi connectivity index (χ0) is 22.2. The molecule has 0 saturated carbocycles. The summed E-state index contributed by atoms with van der Waals surface area (Å²) in [5, 5.41) is 8.03. The molecule has 0 fully saturated rings. The molecule has 0 saturated heterocycles. The number of fused-ring (bicyclic) bond motifs is 1. The largest absolute Gasteiger partial charge is 0.398 e. The van der Waals surface area contributed by atoms with Gasteiger partial charge in [-0.15, -0.1) is 0 Å². The third-order valence-corrected chi connectivity index (χ3v) is 5.71. The van der Waals surface area contributed by atoms with Gasteiger partial charge in [0.15, 0.2) is 5.78 Å². The fraction of sp³-hybridized carbons (Fsp3) is 0.308. The van der Waals surface area contributed by atoms with E-state index in [0.29, 0.717) is 19.3 Å². The normalized spacial score (nSPS) is 13.0. The van der Waals surface area contributed by atoms with Gasteiger partial charge in [-0.05, 0) is 55.8 Å². The van der Waals surface area contributed by atoms with E-state index in [-0.39, 0.29) is 17.7 Å². The van der Waals surface area contributed by atoms with Gasteiger partial charge in [-0.25, -0.2) is 0 Å². The van der Waals surface area contributed by atoms with Gasteiger partial charge in [-0.1, -0.05) is 60.7 Å². The van der Waals surface area contributed by atoms with Crippen molar-refractivity contribution < 1.29 is 9.59 Å². The van der Waals surface area contributed by atoms with Crippen molar-refractivity contribution in [3.05, 3.63) is 77.9 Å². The van der Waals surface area contributed by atoms with Gasteiger partial charge in [0.05, 0.1) is 12.1 Å². The molecular weight excluding hydrogens is 386 g/mol. The Balaban J connectivity index is 1.50. The lowest BCUT2D eigenvalue weighted by atomic mass is 10.00. The van der Waals surface area contributed by atoms with Gasteiger partial charge < -0.3 is 16.4 Å². The average molecular weight is 418 g/mol. The van der Waals surface area contributed by atoms with Crippen LogP contribution in [-0.4, -0.2) is 30.8 Å². The molecule has 1 amide bonds. The van der Waals surface area contributed by atoms with Gasteiger partial charge in [-0.3, -0.25) is 9.59 Å². The summed E-state index contributed by atoms with van der Waals surface area (Å²) in [7, 11) is 1.77. The van der Waals surface area contributed by atoms with Crippen molar-refractivity contribution in [3.8, 4) is 0 Å². The lowest BCUT2D eigenvalue weighted by Crippen LogP contribution is -2.48. The first kappa shape index (κ1) is 22.5. The minimum absolute atomic E-state index is 0.0268. The Kier molecular flexibility index (Phi) is 7.79. The molecule has 0 bridgehead atoms. The van der Waals surface area contributed by atoms with Gasteiger partial charge >= 0.3 is 0 Å². The lowest BCUT2D eigenvalue weighted by Gasteiger charge is -2.19. The predicted octanol–water partition coefficient (Wildman–Crippen LogP) is 3.65. The van der Waals surface area contributed by atoms with E-state index < -0.39 is 6.04 Å². The highest BCUT2D eigenvalue weighted by atomic mass is 16.2. The van der Waals surface area contributed by atoms with Crippen LogP contribution >= 0.6 is 0 Å². The number of amides is 1.